The van der Waals surface area contributed by atoms with Crippen LogP contribution >= 0.6 is 27.5 Å². The van der Waals surface area contributed by atoms with E-state index in [1.54, 1.807) is 12.1 Å². The van der Waals surface area contributed by atoms with E-state index in [9.17, 15) is 9.50 Å². The van der Waals surface area contributed by atoms with Gasteiger partial charge in [0.15, 0.2) is 0 Å². The highest BCUT2D eigenvalue weighted by molar-refractivity contribution is 9.10. The van der Waals surface area contributed by atoms with Crippen LogP contribution in [0.5, 0.6) is 5.75 Å². The van der Waals surface area contributed by atoms with Gasteiger partial charge in [-0.1, -0.05) is 35.9 Å². The molecule has 1 aliphatic rings. The fraction of sp³-hybridized carbons (Fsp3) is 0.250. The molecule has 0 radical (unpaired) electrons. The SMILES string of the molecule is OC(c1ccc(Br)c(Cl)c1F)C1CCOc2ccccc21. The lowest BCUT2D eigenvalue weighted by Gasteiger charge is -2.30. The van der Waals surface area contributed by atoms with Gasteiger partial charge >= 0.3 is 0 Å². The Kier molecular flexibility index (Phi) is 4.20. The first kappa shape index (κ1) is 14.8. The second-order valence-corrected chi connectivity index (χ2v) is 6.22. The van der Waals surface area contributed by atoms with Crippen LogP contribution in [0.3, 0.4) is 0 Å². The van der Waals surface area contributed by atoms with Gasteiger partial charge in [0.25, 0.3) is 0 Å². The topological polar surface area (TPSA) is 29.5 Å². The summed E-state index contributed by atoms with van der Waals surface area (Å²) in [5, 5.41) is 10.6. The van der Waals surface area contributed by atoms with Crippen molar-refractivity contribution >= 4 is 27.5 Å². The van der Waals surface area contributed by atoms with Gasteiger partial charge in [0, 0.05) is 21.5 Å². The van der Waals surface area contributed by atoms with Crippen molar-refractivity contribution in [1.82, 2.24) is 0 Å². The minimum Gasteiger partial charge on any atom is -0.493 e. The van der Waals surface area contributed by atoms with E-state index < -0.39 is 11.9 Å². The standard InChI is InChI=1S/C16H13BrClFO2/c17-12-6-5-11(15(19)14(12)18)16(20)10-7-8-21-13-4-2-1-3-9(10)13/h1-6,10,16,20H,7-8H2. The summed E-state index contributed by atoms with van der Waals surface area (Å²) in [6.07, 6.45) is -0.327. The van der Waals surface area contributed by atoms with Gasteiger partial charge in [-0.2, -0.15) is 0 Å². The van der Waals surface area contributed by atoms with Crippen molar-refractivity contribution in [2.75, 3.05) is 6.61 Å². The average molecular weight is 372 g/mol. The molecule has 5 heteroatoms. The first-order valence-corrected chi connectivity index (χ1v) is 7.80. The van der Waals surface area contributed by atoms with Gasteiger partial charge in [0.1, 0.15) is 11.6 Å². The van der Waals surface area contributed by atoms with Gasteiger partial charge in [-0.15, -0.1) is 0 Å². The molecule has 3 rings (SSSR count). The van der Waals surface area contributed by atoms with Crippen molar-refractivity contribution in [2.45, 2.75) is 18.4 Å². The highest BCUT2D eigenvalue weighted by Gasteiger charge is 2.30. The van der Waals surface area contributed by atoms with Gasteiger partial charge in [-0.3, -0.25) is 0 Å². The summed E-state index contributed by atoms with van der Waals surface area (Å²) in [5.74, 6) is -0.0411. The lowest BCUT2D eigenvalue weighted by Crippen LogP contribution is -2.20. The average Bonchev–Trinajstić information content (AvgIpc) is 2.51. The van der Waals surface area contributed by atoms with E-state index in [2.05, 4.69) is 15.9 Å². The van der Waals surface area contributed by atoms with Crippen LogP contribution in [0.2, 0.25) is 5.02 Å². The molecule has 1 aliphatic heterocycles. The van der Waals surface area contributed by atoms with Crippen LogP contribution in [-0.2, 0) is 0 Å². The van der Waals surface area contributed by atoms with Crippen LogP contribution in [0.4, 0.5) is 4.39 Å². The first-order chi connectivity index (χ1) is 10.1. The molecule has 0 aromatic heterocycles. The maximum atomic E-state index is 14.3. The first-order valence-electron chi connectivity index (χ1n) is 6.62. The molecule has 0 saturated carbocycles. The summed E-state index contributed by atoms with van der Waals surface area (Å²) in [6, 6.07) is 10.7. The van der Waals surface area contributed by atoms with Gasteiger partial charge in [-0.25, -0.2) is 4.39 Å². The Hall–Kier alpha value is -1.10. The van der Waals surface area contributed by atoms with Crippen molar-refractivity contribution in [3.05, 3.63) is 62.8 Å². The maximum absolute atomic E-state index is 14.3. The number of aliphatic hydroxyl groups excluding tert-OH is 1. The van der Waals surface area contributed by atoms with E-state index in [1.807, 2.05) is 24.3 Å². The van der Waals surface area contributed by atoms with Crippen LogP contribution in [0, 0.1) is 5.82 Å². The molecule has 0 spiro atoms. The molecule has 0 saturated heterocycles. The molecule has 2 aromatic rings. The molecule has 2 aromatic carbocycles. The minimum atomic E-state index is -0.958. The van der Waals surface area contributed by atoms with E-state index in [-0.39, 0.29) is 16.5 Å². The predicted octanol–water partition coefficient (Wildman–Crippen LogP) is 4.84. The molecule has 0 aliphatic carbocycles. The molecular weight excluding hydrogens is 359 g/mol. The number of ether oxygens (including phenoxy) is 1. The quantitative estimate of drug-likeness (QED) is 0.765. The van der Waals surface area contributed by atoms with Crippen molar-refractivity contribution in [3.8, 4) is 5.75 Å². The van der Waals surface area contributed by atoms with Gasteiger partial charge in [0.05, 0.1) is 17.7 Å². The lowest BCUT2D eigenvalue weighted by atomic mass is 9.85. The molecule has 1 N–H and O–H groups in total. The zero-order valence-electron chi connectivity index (χ0n) is 11.0. The summed E-state index contributed by atoms with van der Waals surface area (Å²) in [6.45, 7) is 0.505. The monoisotopic (exact) mass is 370 g/mol. The molecule has 2 nitrogen and oxygen atoms in total. The van der Waals surface area contributed by atoms with Crippen LogP contribution in [-0.4, -0.2) is 11.7 Å². The third-order valence-corrected chi connectivity index (χ3v) is 5.03. The summed E-state index contributed by atoms with van der Waals surface area (Å²) >= 11 is 9.09. The van der Waals surface area contributed by atoms with E-state index in [0.717, 1.165) is 11.3 Å². The smallest absolute Gasteiger partial charge is 0.148 e. The number of benzene rings is 2. The Labute approximate surface area is 135 Å². The number of aliphatic hydroxyl groups is 1. The van der Waals surface area contributed by atoms with Crippen LogP contribution in [0.25, 0.3) is 0 Å². The van der Waals surface area contributed by atoms with E-state index in [1.165, 1.54) is 0 Å². The molecule has 0 fully saturated rings. The zero-order valence-corrected chi connectivity index (χ0v) is 13.4. The van der Waals surface area contributed by atoms with Crippen molar-refractivity contribution in [3.63, 3.8) is 0 Å². The fourth-order valence-electron chi connectivity index (χ4n) is 2.68. The lowest BCUT2D eigenvalue weighted by molar-refractivity contribution is 0.114. The normalized spacial score (nSPS) is 18.8. The Balaban J connectivity index is 2.01. The number of hydrogen-bond donors (Lipinski definition) is 1. The summed E-state index contributed by atoms with van der Waals surface area (Å²) < 4.78 is 20.3. The van der Waals surface area contributed by atoms with Crippen LogP contribution < -0.4 is 4.74 Å². The van der Waals surface area contributed by atoms with Crippen molar-refractivity contribution < 1.29 is 14.2 Å². The van der Waals surface area contributed by atoms with E-state index >= 15 is 0 Å². The molecule has 110 valence electrons. The van der Waals surface area contributed by atoms with Gasteiger partial charge < -0.3 is 9.84 Å². The largest absolute Gasteiger partial charge is 0.493 e. The van der Waals surface area contributed by atoms with Gasteiger partial charge in [-0.05, 0) is 34.5 Å². The van der Waals surface area contributed by atoms with Crippen LogP contribution in [0.15, 0.2) is 40.9 Å². The highest BCUT2D eigenvalue weighted by atomic mass is 79.9. The second-order valence-electron chi connectivity index (χ2n) is 4.99. The summed E-state index contributed by atoms with van der Waals surface area (Å²) in [7, 11) is 0. The highest BCUT2D eigenvalue weighted by Crippen LogP contribution is 2.43. The molecule has 2 unspecified atom stereocenters. The maximum Gasteiger partial charge on any atom is 0.148 e. The van der Waals surface area contributed by atoms with Crippen LogP contribution in [0.1, 0.15) is 29.6 Å². The Morgan fingerprint density at radius 3 is 2.86 bits per heavy atom. The Morgan fingerprint density at radius 2 is 2.05 bits per heavy atom. The fourth-order valence-corrected chi connectivity index (χ4v) is 3.16. The van der Waals surface area contributed by atoms with E-state index in [0.29, 0.717) is 17.5 Å². The summed E-state index contributed by atoms with van der Waals surface area (Å²) in [5.41, 5.74) is 1.11. The Morgan fingerprint density at radius 1 is 1.29 bits per heavy atom. The van der Waals surface area contributed by atoms with E-state index in [4.69, 9.17) is 16.3 Å². The van der Waals surface area contributed by atoms with Crippen molar-refractivity contribution in [2.24, 2.45) is 0 Å². The third-order valence-electron chi connectivity index (χ3n) is 3.77. The molecular formula is C16H13BrClFO2. The number of hydrogen-bond acceptors (Lipinski definition) is 2. The molecule has 0 amide bonds. The second kappa shape index (κ2) is 5.95. The number of rotatable bonds is 2. The minimum absolute atomic E-state index is 0.00751. The van der Waals surface area contributed by atoms with Crippen molar-refractivity contribution in [1.29, 1.82) is 0 Å². The zero-order chi connectivity index (χ0) is 15.0. The molecule has 1 heterocycles. The Bertz CT molecular complexity index is 677. The summed E-state index contributed by atoms with van der Waals surface area (Å²) in [4.78, 5) is 0. The predicted molar refractivity (Wildman–Crippen MR) is 83.4 cm³/mol. The number of halogens is 3. The molecule has 2 atom stereocenters. The molecule has 0 bridgehead atoms. The molecule has 21 heavy (non-hydrogen) atoms. The number of fused-ring (bicyclic) bond motifs is 1. The third kappa shape index (κ3) is 2.68. The number of para-hydroxylation sites is 1. The van der Waals surface area contributed by atoms with Gasteiger partial charge in [0.2, 0.25) is 0 Å².